The third-order valence-corrected chi connectivity index (χ3v) is 6.28. The van der Waals surface area contributed by atoms with E-state index in [-0.39, 0.29) is 10.6 Å². The molecule has 4 rings (SSSR count). The normalized spacial score (nSPS) is 34.8. The minimum atomic E-state index is -4.35. The zero-order chi connectivity index (χ0) is 13.5. The smallest absolute Gasteiger partial charge is 0.298 e. The van der Waals surface area contributed by atoms with Crippen molar-refractivity contribution < 1.29 is 18.1 Å². The summed E-state index contributed by atoms with van der Waals surface area (Å²) in [5.41, 5.74) is 2.82. The second-order valence-electron chi connectivity index (χ2n) is 6.23. The molecule has 3 aliphatic rings. The van der Waals surface area contributed by atoms with E-state index in [0.29, 0.717) is 23.7 Å². The van der Waals surface area contributed by atoms with E-state index >= 15 is 0 Å². The van der Waals surface area contributed by atoms with Crippen LogP contribution in [0.15, 0.2) is 11.0 Å². The van der Waals surface area contributed by atoms with Crippen LogP contribution in [0, 0.1) is 18.8 Å². The highest BCUT2D eigenvalue weighted by molar-refractivity contribution is 7.86. The maximum Gasteiger partial charge on any atom is 0.298 e. The van der Waals surface area contributed by atoms with Crippen molar-refractivity contribution in [3.8, 4) is 5.75 Å². The molecule has 19 heavy (non-hydrogen) atoms. The second kappa shape index (κ2) is 3.33. The Kier molecular flexibility index (Phi) is 2.05. The van der Waals surface area contributed by atoms with E-state index < -0.39 is 10.1 Å². The van der Waals surface area contributed by atoms with Gasteiger partial charge in [0.2, 0.25) is 0 Å². The summed E-state index contributed by atoms with van der Waals surface area (Å²) < 4.78 is 31.9. The molecule has 1 aromatic rings. The largest absolute Gasteiger partial charge is 0.506 e. The molecule has 4 nitrogen and oxygen atoms in total. The first-order valence-corrected chi connectivity index (χ1v) is 8.17. The van der Waals surface area contributed by atoms with Crippen LogP contribution in [0.4, 0.5) is 0 Å². The Morgan fingerprint density at radius 2 is 1.74 bits per heavy atom. The molecule has 102 valence electrons. The molecule has 0 spiro atoms. The van der Waals surface area contributed by atoms with Crippen molar-refractivity contribution in [2.45, 2.75) is 42.9 Å². The maximum atomic E-state index is 11.3. The first-order valence-electron chi connectivity index (χ1n) is 6.73. The van der Waals surface area contributed by atoms with Crippen molar-refractivity contribution in [1.29, 1.82) is 0 Å². The van der Waals surface area contributed by atoms with Crippen LogP contribution in [0.5, 0.6) is 5.75 Å². The van der Waals surface area contributed by atoms with Crippen LogP contribution in [-0.4, -0.2) is 18.1 Å². The number of phenols is 1. The standard InChI is InChI=1S/C14H16O4S/c1-6-4-9(19(16,17)18)14(15)13-10(6)11-7-2-3-8(5-7)12(11)13/h4,7-8,11-12,15H,2-3,5H2,1H3,(H,16,17,18). The summed E-state index contributed by atoms with van der Waals surface area (Å²) in [6, 6.07) is 1.41. The Balaban J connectivity index is 1.96. The molecule has 1 aromatic carbocycles. The SMILES string of the molecule is Cc1cc(S(=O)(=O)O)c(O)c2c1C1C3CCC(C3)C21. The highest BCUT2D eigenvalue weighted by Crippen LogP contribution is 2.70. The van der Waals surface area contributed by atoms with E-state index in [0.717, 1.165) is 16.7 Å². The lowest BCUT2D eigenvalue weighted by Crippen LogP contribution is -2.31. The molecule has 5 heteroatoms. The van der Waals surface area contributed by atoms with Gasteiger partial charge in [-0.1, -0.05) is 0 Å². The molecule has 3 aliphatic carbocycles. The first-order chi connectivity index (χ1) is 8.89. The van der Waals surface area contributed by atoms with E-state index in [2.05, 4.69) is 0 Å². The molecular formula is C14H16O4S. The van der Waals surface area contributed by atoms with Gasteiger partial charge in [-0.05, 0) is 67.1 Å². The van der Waals surface area contributed by atoms with Gasteiger partial charge in [-0.15, -0.1) is 0 Å². The number of rotatable bonds is 1. The predicted molar refractivity (Wildman–Crippen MR) is 69.0 cm³/mol. The highest BCUT2D eigenvalue weighted by Gasteiger charge is 2.57. The lowest BCUT2D eigenvalue weighted by atomic mass is 9.60. The number of hydrogen-bond acceptors (Lipinski definition) is 3. The molecule has 0 radical (unpaired) electrons. The van der Waals surface area contributed by atoms with Gasteiger partial charge in [0.05, 0.1) is 0 Å². The Hall–Kier alpha value is -1.07. The zero-order valence-electron chi connectivity index (χ0n) is 10.6. The Morgan fingerprint density at radius 3 is 2.32 bits per heavy atom. The first kappa shape index (κ1) is 11.7. The van der Waals surface area contributed by atoms with Crippen molar-refractivity contribution in [1.82, 2.24) is 0 Å². The fourth-order valence-electron chi connectivity index (χ4n) is 4.82. The van der Waals surface area contributed by atoms with Gasteiger partial charge in [0.1, 0.15) is 10.6 Å². The molecule has 0 aliphatic heterocycles. The van der Waals surface area contributed by atoms with Gasteiger partial charge < -0.3 is 5.11 Å². The van der Waals surface area contributed by atoms with Crippen molar-refractivity contribution in [2.75, 3.05) is 0 Å². The molecule has 2 fully saturated rings. The monoisotopic (exact) mass is 280 g/mol. The summed E-state index contributed by atoms with van der Waals surface area (Å²) in [7, 11) is -4.35. The van der Waals surface area contributed by atoms with E-state index in [4.69, 9.17) is 0 Å². The van der Waals surface area contributed by atoms with Crippen LogP contribution in [0.3, 0.4) is 0 Å². The van der Waals surface area contributed by atoms with Gasteiger partial charge in [0, 0.05) is 5.56 Å². The number of aromatic hydroxyl groups is 1. The summed E-state index contributed by atoms with van der Waals surface area (Å²) in [6.07, 6.45) is 3.63. The van der Waals surface area contributed by atoms with Gasteiger partial charge in [0.15, 0.2) is 0 Å². The summed E-state index contributed by atoms with van der Waals surface area (Å²) in [5.74, 6) is 1.91. The summed E-state index contributed by atoms with van der Waals surface area (Å²) >= 11 is 0. The van der Waals surface area contributed by atoms with Crippen LogP contribution in [0.2, 0.25) is 0 Å². The van der Waals surface area contributed by atoms with Crippen molar-refractivity contribution in [3.63, 3.8) is 0 Å². The third-order valence-electron chi connectivity index (χ3n) is 5.41. The van der Waals surface area contributed by atoms with E-state index in [1.54, 1.807) is 0 Å². The Bertz CT molecular complexity index is 692. The molecule has 4 atom stereocenters. The maximum absolute atomic E-state index is 11.3. The van der Waals surface area contributed by atoms with Gasteiger partial charge >= 0.3 is 0 Å². The van der Waals surface area contributed by atoms with Crippen molar-refractivity contribution >= 4 is 10.1 Å². The summed E-state index contributed by atoms with van der Waals surface area (Å²) in [4.78, 5) is -0.329. The number of aryl methyl sites for hydroxylation is 1. The predicted octanol–water partition coefficient (Wildman–Crippen LogP) is 2.56. The zero-order valence-corrected chi connectivity index (χ0v) is 11.4. The van der Waals surface area contributed by atoms with Crippen LogP contribution in [-0.2, 0) is 10.1 Å². The molecule has 2 bridgehead atoms. The number of phenolic OH excluding ortho intramolecular Hbond substituents is 1. The number of benzene rings is 1. The van der Waals surface area contributed by atoms with Crippen LogP contribution in [0.25, 0.3) is 0 Å². The number of fused-ring (bicyclic) bond motifs is 8. The van der Waals surface area contributed by atoms with Crippen molar-refractivity contribution in [2.24, 2.45) is 11.8 Å². The van der Waals surface area contributed by atoms with Gasteiger partial charge in [-0.2, -0.15) is 8.42 Å². The minimum Gasteiger partial charge on any atom is -0.506 e. The highest BCUT2D eigenvalue weighted by atomic mass is 32.2. The van der Waals surface area contributed by atoms with E-state index in [1.165, 1.54) is 25.3 Å². The fourth-order valence-corrected chi connectivity index (χ4v) is 5.50. The Morgan fingerprint density at radius 1 is 1.16 bits per heavy atom. The average Bonchev–Trinajstić information content (AvgIpc) is 2.80. The minimum absolute atomic E-state index is 0.211. The molecule has 0 heterocycles. The fraction of sp³-hybridized carbons (Fsp3) is 0.571. The summed E-state index contributed by atoms with van der Waals surface area (Å²) in [5, 5.41) is 10.2. The number of hydrogen-bond donors (Lipinski definition) is 2. The molecule has 2 saturated carbocycles. The van der Waals surface area contributed by atoms with Crippen molar-refractivity contribution in [3.05, 3.63) is 22.8 Å². The molecule has 4 unspecified atom stereocenters. The quantitative estimate of drug-likeness (QED) is 0.775. The third kappa shape index (κ3) is 1.30. The Labute approximate surface area is 112 Å². The van der Waals surface area contributed by atoms with Crippen LogP contribution < -0.4 is 0 Å². The van der Waals surface area contributed by atoms with Gasteiger partial charge in [-0.3, -0.25) is 4.55 Å². The van der Waals surface area contributed by atoms with E-state index in [9.17, 15) is 18.1 Å². The average molecular weight is 280 g/mol. The van der Waals surface area contributed by atoms with Crippen LogP contribution in [0.1, 0.15) is 47.8 Å². The lowest BCUT2D eigenvalue weighted by molar-refractivity contribution is 0.304. The van der Waals surface area contributed by atoms with Crippen LogP contribution >= 0.6 is 0 Å². The molecular weight excluding hydrogens is 264 g/mol. The summed E-state index contributed by atoms with van der Waals surface area (Å²) in [6.45, 7) is 1.87. The molecule has 0 amide bonds. The lowest BCUT2D eigenvalue weighted by Gasteiger charge is -2.44. The second-order valence-corrected chi connectivity index (χ2v) is 7.62. The van der Waals surface area contributed by atoms with Gasteiger partial charge in [-0.25, -0.2) is 0 Å². The van der Waals surface area contributed by atoms with E-state index in [1.807, 2.05) is 6.92 Å². The molecule has 2 N–H and O–H groups in total. The topological polar surface area (TPSA) is 74.6 Å². The van der Waals surface area contributed by atoms with Gasteiger partial charge in [0.25, 0.3) is 10.1 Å². The molecule has 0 saturated heterocycles. The molecule has 0 aromatic heterocycles.